The zero-order valence-corrected chi connectivity index (χ0v) is 18.0. The molecule has 1 rings (SSSR count). The van der Waals surface area contributed by atoms with E-state index in [-0.39, 0.29) is 0 Å². The summed E-state index contributed by atoms with van der Waals surface area (Å²) >= 11 is 0. The van der Waals surface area contributed by atoms with Gasteiger partial charge in [-0.3, -0.25) is 9.59 Å². The Balaban J connectivity index is 2.88. The zero-order chi connectivity index (χ0) is 21.4. The zero-order valence-electron chi connectivity index (χ0n) is 18.0. The molecule has 0 aliphatic rings. The highest BCUT2D eigenvalue weighted by Crippen LogP contribution is 2.37. The standard InChI is InChI=1S/C23H36O5/c1-6-7-8-9-10-11-12-15-28-17-13-14-18(22(2,3)20(24)25)19(16-17)23(4,5)21(26)27/h13-14,16H,6-12,15H2,1-5H3,(H,24,25)(H,26,27). The SMILES string of the molecule is CCCCCCCCCOc1ccc(C(C)(C)C(=O)O)c(C(C)(C)C(=O)O)c1. The molecule has 28 heavy (non-hydrogen) atoms. The maximum atomic E-state index is 11.8. The third-order valence-electron chi connectivity index (χ3n) is 5.42. The van der Waals surface area contributed by atoms with Gasteiger partial charge in [-0.05, 0) is 57.4 Å². The van der Waals surface area contributed by atoms with Gasteiger partial charge in [0.1, 0.15) is 5.75 Å². The summed E-state index contributed by atoms with van der Waals surface area (Å²) in [5, 5.41) is 19.3. The van der Waals surface area contributed by atoms with Gasteiger partial charge in [0.2, 0.25) is 0 Å². The first-order valence-electron chi connectivity index (χ1n) is 10.3. The average Bonchev–Trinajstić information content (AvgIpc) is 2.63. The van der Waals surface area contributed by atoms with Crippen LogP contribution in [0.2, 0.25) is 0 Å². The van der Waals surface area contributed by atoms with E-state index < -0.39 is 22.8 Å². The molecule has 0 amide bonds. The van der Waals surface area contributed by atoms with Gasteiger partial charge in [0, 0.05) is 0 Å². The largest absolute Gasteiger partial charge is 0.494 e. The van der Waals surface area contributed by atoms with Crippen molar-refractivity contribution >= 4 is 11.9 Å². The van der Waals surface area contributed by atoms with Gasteiger partial charge >= 0.3 is 11.9 Å². The predicted octanol–water partition coefficient (Wildman–Crippen LogP) is 5.54. The van der Waals surface area contributed by atoms with Crippen molar-refractivity contribution in [2.75, 3.05) is 6.61 Å². The second kappa shape index (κ2) is 10.5. The average molecular weight is 393 g/mol. The maximum Gasteiger partial charge on any atom is 0.313 e. The molecule has 0 saturated carbocycles. The van der Waals surface area contributed by atoms with Crippen LogP contribution in [-0.2, 0) is 20.4 Å². The topological polar surface area (TPSA) is 83.8 Å². The Labute approximate surface area is 169 Å². The summed E-state index contributed by atoms with van der Waals surface area (Å²) in [5.74, 6) is -1.41. The Morgan fingerprint density at radius 3 is 1.86 bits per heavy atom. The van der Waals surface area contributed by atoms with Crippen LogP contribution in [0.5, 0.6) is 5.75 Å². The molecule has 1 aromatic rings. The molecule has 0 aliphatic heterocycles. The third-order valence-corrected chi connectivity index (χ3v) is 5.42. The van der Waals surface area contributed by atoms with Crippen LogP contribution in [0.15, 0.2) is 18.2 Å². The van der Waals surface area contributed by atoms with E-state index in [9.17, 15) is 19.8 Å². The van der Waals surface area contributed by atoms with Gasteiger partial charge in [0.15, 0.2) is 0 Å². The Morgan fingerprint density at radius 1 is 0.821 bits per heavy atom. The van der Waals surface area contributed by atoms with E-state index in [0.29, 0.717) is 23.5 Å². The Morgan fingerprint density at radius 2 is 1.32 bits per heavy atom. The van der Waals surface area contributed by atoms with Crippen molar-refractivity contribution in [2.24, 2.45) is 0 Å². The molecule has 0 unspecified atom stereocenters. The lowest BCUT2D eigenvalue weighted by atomic mass is 9.73. The van der Waals surface area contributed by atoms with Crippen LogP contribution in [-0.4, -0.2) is 28.8 Å². The van der Waals surface area contributed by atoms with Crippen LogP contribution in [0.4, 0.5) is 0 Å². The van der Waals surface area contributed by atoms with Crippen LogP contribution in [0, 0.1) is 0 Å². The number of aliphatic carboxylic acids is 2. The number of rotatable bonds is 13. The minimum Gasteiger partial charge on any atom is -0.494 e. The first kappa shape index (κ1) is 24.0. The number of hydrogen-bond acceptors (Lipinski definition) is 3. The molecule has 0 spiro atoms. The Bertz CT molecular complexity index is 661. The van der Waals surface area contributed by atoms with Crippen LogP contribution in [0.3, 0.4) is 0 Å². The molecule has 5 heteroatoms. The van der Waals surface area contributed by atoms with E-state index >= 15 is 0 Å². The summed E-state index contributed by atoms with van der Waals surface area (Å²) in [6.45, 7) is 9.13. The van der Waals surface area contributed by atoms with Gasteiger partial charge in [-0.2, -0.15) is 0 Å². The van der Waals surface area contributed by atoms with E-state index in [1.807, 2.05) is 0 Å². The molecule has 158 valence electrons. The molecule has 0 heterocycles. The van der Waals surface area contributed by atoms with Crippen molar-refractivity contribution in [1.29, 1.82) is 0 Å². The van der Waals surface area contributed by atoms with Gasteiger partial charge in [-0.25, -0.2) is 0 Å². The van der Waals surface area contributed by atoms with Crippen LogP contribution in [0.25, 0.3) is 0 Å². The van der Waals surface area contributed by atoms with E-state index in [0.717, 1.165) is 12.8 Å². The molecular formula is C23H36O5. The molecule has 0 aliphatic carbocycles. The lowest BCUT2D eigenvalue weighted by Crippen LogP contribution is -2.36. The van der Waals surface area contributed by atoms with Crippen molar-refractivity contribution in [2.45, 2.75) is 90.4 Å². The number of unbranched alkanes of at least 4 members (excludes halogenated alkanes) is 6. The molecule has 1 aromatic carbocycles. The lowest BCUT2D eigenvalue weighted by Gasteiger charge is -2.30. The van der Waals surface area contributed by atoms with Crippen molar-refractivity contribution < 1.29 is 24.5 Å². The fourth-order valence-electron chi connectivity index (χ4n) is 3.15. The molecule has 0 radical (unpaired) electrons. The number of ether oxygens (including phenoxy) is 1. The van der Waals surface area contributed by atoms with Crippen molar-refractivity contribution in [3.63, 3.8) is 0 Å². The number of carboxylic acid groups (broad SMARTS) is 2. The number of carbonyl (C=O) groups is 2. The normalized spacial score (nSPS) is 12.0. The Kier molecular flexibility index (Phi) is 8.99. The molecule has 0 atom stereocenters. The maximum absolute atomic E-state index is 11.8. The third kappa shape index (κ3) is 6.25. The number of hydrogen-bond donors (Lipinski definition) is 2. The predicted molar refractivity (Wildman–Crippen MR) is 111 cm³/mol. The first-order chi connectivity index (χ1) is 13.0. The van der Waals surface area contributed by atoms with Gasteiger partial charge < -0.3 is 14.9 Å². The monoisotopic (exact) mass is 392 g/mol. The summed E-state index contributed by atoms with van der Waals surface area (Å²) < 4.78 is 5.84. The lowest BCUT2D eigenvalue weighted by molar-refractivity contribution is -0.144. The van der Waals surface area contributed by atoms with E-state index in [1.165, 1.54) is 32.1 Å². The summed E-state index contributed by atoms with van der Waals surface area (Å²) in [5.41, 5.74) is -1.44. The van der Waals surface area contributed by atoms with E-state index in [4.69, 9.17) is 4.74 Å². The molecule has 0 aromatic heterocycles. The highest BCUT2D eigenvalue weighted by atomic mass is 16.5. The number of carboxylic acids is 2. The fourth-order valence-corrected chi connectivity index (χ4v) is 3.15. The summed E-state index contributed by atoms with van der Waals surface area (Å²) in [6.07, 6.45) is 8.33. The minimum absolute atomic E-state index is 0.476. The molecule has 2 N–H and O–H groups in total. The summed E-state index contributed by atoms with van der Waals surface area (Å²) in [4.78, 5) is 23.5. The van der Waals surface area contributed by atoms with E-state index in [2.05, 4.69) is 6.92 Å². The van der Waals surface area contributed by atoms with Gasteiger partial charge in [0.25, 0.3) is 0 Å². The molecule has 0 saturated heterocycles. The fraction of sp³-hybridized carbons (Fsp3) is 0.652. The smallest absolute Gasteiger partial charge is 0.313 e. The second-order valence-electron chi connectivity index (χ2n) is 8.54. The highest BCUT2D eigenvalue weighted by Gasteiger charge is 2.39. The second-order valence-corrected chi connectivity index (χ2v) is 8.54. The molecule has 0 fully saturated rings. The van der Waals surface area contributed by atoms with E-state index in [1.54, 1.807) is 45.9 Å². The van der Waals surface area contributed by atoms with Gasteiger partial charge in [-0.15, -0.1) is 0 Å². The van der Waals surface area contributed by atoms with Gasteiger partial charge in [-0.1, -0.05) is 51.5 Å². The number of benzene rings is 1. The molecule has 5 nitrogen and oxygen atoms in total. The van der Waals surface area contributed by atoms with Crippen LogP contribution < -0.4 is 4.74 Å². The van der Waals surface area contributed by atoms with Gasteiger partial charge in [0.05, 0.1) is 17.4 Å². The van der Waals surface area contributed by atoms with Crippen LogP contribution >= 0.6 is 0 Å². The molecular weight excluding hydrogens is 356 g/mol. The highest BCUT2D eigenvalue weighted by molar-refractivity contribution is 5.85. The molecule has 0 bridgehead atoms. The summed E-state index contributed by atoms with van der Waals surface area (Å²) in [6, 6.07) is 5.12. The van der Waals surface area contributed by atoms with Crippen molar-refractivity contribution in [3.05, 3.63) is 29.3 Å². The van der Waals surface area contributed by atoms with Crippen molar-refractivity contribution in [3.8, 4) is 5.75 Å². The Hall–Kier alpha value is -2.04. The minimum atomic E-state index is -1.22. The first-order valence-corrected chi connectivity index (χ1v) is 10.3. The van der Waals surface area contributed by atoms with Crippen molar-refractivity contribution in [1.82, 2.24) is 0 Å². The quantitative estimate of drug-likeness (QED) is 0.431. The van der Waals surface area contributed by atoms with Crippen LogP contribution in [0.1, 0.15) is 90.7 Å². The summed E-state index contributed by atoms with van der Waals surface area (Å²) in [7, 11) is 0.